The van der Waals surface area contributed by atoms with Crippen LogP contribution in [0.4, 0.5) is 5.69 Å². The molecule has 0 radical (unpaired) electrons. The first-order valence-corrected chi connectivity index (χ1v) is 3.22. The van der Waals surface area contributed by atoms with Crippen molar-refractivity contribution in [3.63, 3.8) is 0 Å². The SMILES string of the molecule is CCN[14c]1ccccc1. The molecule has 0 fully saturated rings. The second-order valence-electron chi connectivity index (χ2n) is 1.90. The lowest BCUT2D eigenvalue weighted by atomic mass is 10.5. The van der Waals surface area contributed by atoms with Crippen LogP contribution in [0.15, 0.2) is 30.3 Å². The van der Waals surface area contributed by atoms with Crippen molar-refractivity contribution in [1.29, 1.82) is 0 Å². The predicted molar refractivity (Wildman–Crippen MR) is 40.6 cm³/mol. The summed E-state index contributed by atoms with van der Waals surface area (Å²) in [5.41, 5.74) is 1.19. The molecule has 0 bridgehead atoms. The highest BCUT2D eigenvalue weighted by molar-refractivity contribution is 5.41. The van der Waals surface area contributed by atoms with E-state index in [1.165, 1.54) is 5.69 Å². The Kier molecular flexibility index (Phi) is 2.13. The number of nitrogens with one attached hydrogen (secondary N) is 1. The van der Waals surface area contributed by atoms with E-state index in [1.54, 1.807) is 0 Å². The van der Waals surface area contributed by atoms with Gasteiger partial charge in [0.15, 0.2) is 0 Å². The van der Waals surface area contributed by atoms with E-state index in [9.17, 15) is 0 Å². The van der Waals surface area contributed by atoms with Crippen LogP contribution >= 0.6 is 0 Å². The summed E-state index contributed by atoms with van der Waals surface area (Å²) >= 11 is 0. The van der Waals surface area contributed by atoms with Crippen LogP contribution in [0.25, 0.3) is 0 Å². The van der Waals surface area contributed by atoms with Gasteiger partial charge in [-0.05, 0) is 19.1 Å². The minimum absolute atomic E-state index is 0.990. The van der Waals surface area contributed by atoms with E-state index in [4.69, 9.17) is 0 Å². The summed E-state index contributed by atoms with van der Waals surface area (Å²) in [6.45, 7) is 3.08. The lowest BCUT2D eigenvalue weighted by molar-refractivity contribution is 1.21. The summed E-state index contributed by atoms with van der Waals surface area (Å²) < 4.78 is 0. The molecule has 1 rings (SSSR count). The maximum absolute atomic E-state index is 3.21. The van der Waals surface area contributed by atoms with Crippen LogP contribution < -0.4 is 5.32 Å². The van der Waals surface area contributed by atoms with Gasteiger partial charge >= 0.3 is 0 Å². The summed E-state index contributed by atoms with van der Waals surface area (Å²) in [7, 11) is 0. The first-order valence-electron chi connectivity index (χ1n) is 3.22. The van der Waals surface area contributed by atoms with Gasteiger partial charge in [0.05, 0.1) is 0 Å². The van der Waals surface area contributed by atoms with Gasteiger partial charge in [0.1, 0.15) is 0 Å². The molecule has 1 aromatic rings. The minimum Gasteiger partial charge on any atom is -0.385 e. The summed E-state index contributed by atoms with van der Waals surface area (Å²) in [5.74, 6) is 0. The Morgan fingerprint density at radius 1 is 1.22 bits per heavy atom. The molecule has 1 N–H and O–H groups in total. The van der Waals surface area contributed by atoms with Crippen LogP contribution in [0.5, 0.6) is 0 Å². The van der Waals surface area contributed by atoms with Crippen LogP contribution in [0, 0.1) is 0 Å². The van der Waals surface area contributed by atoms with Crippen molar-refractivity contribution >= 4 is 5.69 Å². The van der Waals surface area contributed by atoms with E-state index in [-0.39, 0.29) is 0 Å². The van der Waals surface area contributed by atoms with Gasteiger partial charge in [-0.3, -0.25) is 0 Å². The van der Waals surface area contributed by atoms with Crippen LogP contribution in [0.1, 0.15) is 6.92 Å². The molecule has 48 valence electrons. The van der Waals surface area contributed by atoms with Gasteiger partial charge in [0, 0.05) is 12.2 Å². The Morgan fingerprint density at radius 3 is 2.44 bits per heavy atom. The molecule has 0 heterocycles. The third-order valence-corrected chi connectivity index (χ3v) is 1.15. The van der Waals surface area contributed by atoms with Crippen molar-refractivity contribution in [1.82, 2.24) is 0 Å². The molecule has 1 heteroatoms. The first kappa shape index (κ1) is 6.14. The quantitative estimate of drug-likeness (QED) is 0.635. The molecule has 0 atom stereocenters. The lowest BCUT2D eigenvalue weighted by Gasteiger charge is -1.99. The highest BCUT2D eigenvalue weighted by Crippen LogP contribution is 2.02. The number of hydrogen-bond donors (Lipinski definition) is 1. The van der Waals surface area contributed by atoms with Crippen LogP contribution in [-0.2, 0) is 0 Å². The Bertz CT molecular complexity index is 157. The van der Waals surface area contributed by atoms with Crippen molar-refractivity contribution < 1.29 is 0 Å². The van der Waals surface area contributed by atoms with Gasteiger partial charge in [-0.15, -0.1) is 0 Å². The maximum Gasteiger partial charge on any atom is 0.0340 e. The fourth-order valence-corrected chi connectivity index (χ4v) is 0.760. The zero-order chi connectivity index (χ0) is 6.53. The van der Waals surface area contributed by atoms with Crippen LogP contribution in [0.3, 0.4) is 0 Å². The number of hydrogen-bond acceptors (Lipinski definition) is 1. The molecule has 0 spiro atoms. The van der Waals surface area contributed by atoms with Crippen molar-refractivity contribution in [2.24, 2.45) is 0 Å². The number of para-hydroxylation sites is 1. The monoisotopic (exact) mass is 123 g/mol. The van der Waals surface area contributed by atoms with Crippen molar-refractivity contribution in [3.8, 4) is 0 Å². The van der Waals surface area contributed by atoms with E-state index >= 15 is 0 Å². The molecule has 0 aliphatic carbocycles. The molecule has 9 heavy (non-hydrogen) atoms. The van der Waals surface area contributed by atoms with Crippen LogP contribution in [-0.4, -0.2) is 6.54 Å². The Morgan fingerprint density at radius 2 is 1.89 bits per heavy atom. The van der Waals surface area contributed by atoms with E-state index in [1.807, 2.05) is 18.2 Å². The standard InChI is InChI=1S/C8H11N/c1-2-9-8-6-4-3-5-7-8/h3-7,9H,2H2,1H3/i8+2. The maximum atomic E-state index is 3.21. The number of rotatable bonds is 2. The van der Waals surface area contributed by atoms with Gasteiger partial charge in [-0.2, -0.15) is 0 Å². The van der Waals surface area contributed by atoms with E-state index < -0.39 is 0 Å². The lowest BCUT2D eigenvalue weighted by Crippen LogP contribution is -1.94. The first-order chi connectivity index (χ1) is 4.43. The zero-order valence-corrected chi connectivity index (χ0v) is 5.59. The Labute approximate surface area is 55.7 Å². The van der Waals surface area contributed by atoms with Crippen molar-refractivity contribution in [3.05, 3.63) is 30.3 Å². The molecular weight excluding hydrogens is 112 g/mol. The Hall–Kier alpha value is -0.980. The van der Waals surface area contributed by atoms with Crippen molar-refractivity contribution in [2.45, 2.75) is 6.92 Å². The topological polar surface area (TPSA) is 12.0 Å². The second kappa shape index (κ2) is 3.13. The third-order valence-electron chi connectivity index (χ3n) is 1.15. The summed E-state index contributed by atoms with van der Waals surface area (Å²) in [6.07, 6.45) is 0. The van der Waals surface area contributed by atoms with E-state index in [0.29, 0.717) is 0 Å². The summed E-state index contributed by atoms with van der Waals surface area (Å²) in [6, 6.07) is 10.2. The smallest absolute Gasteiger partial charge is 0.0340 e. The van der Waals surface area contributed by atoms with Gasteiger partial charge in [0.2, 0.25) is 0 Å². The number of benzene rings is 1. The zero-order valence-electron chi connectivity index (χ0n) is 5.59. The summed E-state index contributed by atoms with van der Waals surface area (Å²) in [4.78, 5) is 0. The predicted octanol–water partition coefficient (Wildman–Crippen LogP) is 2.12. The van der Waals surface area contributed by atoms with Crippen LogP contribution in [0.2, 0.25) is 0 Å². The average molecular weight is 123 g/mol. The molecule has 0 saturated carbocycles. The molecular formula is C8H11N. The molecule has 0 aromatic heterocycles. The summed E-state index contributed by atoms with van der Waals surface area (Å²) in [5, 5.41) is 3.21. The fourth-order valence-electron chi connectivity index (χ4n) is 0.760. The number of anilines is 1. The fraction of sp³-hybridized carbons (Fsp3) is 0.250. The third kappa shape index (κ3) is 1.76. The van der Waals surface area contributed by atoms with Gasteiger partial charge < -0.3 is 5.32 Å². The van der Waals surface area contributed by atoms with Gasteiger partial charge in [-0.25, -0.2) is 0 Å². The molecule has 0 saturated heterocycles. The molecule has 0 amide bonds. The molecule has 1 nitrogen and oxygen atoms in total. The highest BCUT2D eigenvalue weighted by atomic mass is 15.4. The van der Waals surface area contributed by atoms with Crippen molar-refractivity contribution in [2.75, 3.05) is 11.9 Å². The normalized spacial score (nSPS) is 9.00. The van der Waals surface area contributed by atoms with E-state index in [2.05, 4.69) is 24.4 Å². The average Bonchev–Trinajstić information content (AvgIpc) is 1.91. The molecule has 0 unspecified atom stereocenters. The second-order valence-corrected chi connectivity index (χ2v) is 1.90. The largest absolute Gasteiger partial charge is 0.385 e. The highest BCUT2D eigenvalue weighted by Gasteiger charge is 1.81. The van der Waals surface area contributed by atoms with E-state index in [0.717, 1.165) is 6.54 Å². The Balaban J connectivity index is 2.61. The molecule has 1 aromatic carbocycles. The van der Waals surface area contributed by atoms with Gasteiger partial charge in [-0.1, -0.05) is 18.2 Å². The molecule has 0 aliphatic heterocycles. The van der Waals surface area contributed by atoms with Gasteiger partial charge in [0.25, 0.3) is 0 Å². The molecule has 0 aliphatic rings. The minimum atomic E-state index is 0.990.